The summed E-state index contributed by atoms with van der Waals surface area (Å²) in [4.78, 5) is 30.9. The van der Waals surface area contributed by atoms with E-state index in [1.807, 2.05) is 31.6 Å². The number of aromatic nitrogens is 1. The number of esters is 1. The third-order valence-corrected chi connectivity index (χ3v) is 11.2. The van der Waals surface area contributed by atoms with Gasteiger partial charge in [0.1, 0.15) is 16.2 Å². The Balaban J connectivity index is 1.57. The van der Waals surface area contributed by atoms with Crippen molar-refractivity contribution in [2.45, 2.75) is 102 Å². The van der Waals surface area contributed by atoms with Crippen molar-refractivity contribution in [2.75, 3.05) is 6.26 Å². The summed E-state index contributed by atoms with van der Waals surface area (Å²) in [6.45, 7) is 9.04. The highest BCUT2D eigenvalue weighted by Crippen LogP contribution is 2.89. The summed E-state index contributed by atoms with van der Waals surface area (Å²) in [6.07, 6.45) is 7.53. The number of aliphatic hydroxyl groups excluding tert-OH is 2. The molecule has 6 nitrogen and oxygen atoms in total. The van der Waals surface area contributed by atoms with E-state index < -0.39 is 29.5 Å². The number of Topliss-reactive ketones (excluding diaryl/α,β-unsaturated/α-hetero) is 1. The zero-order valence-electron chi connectivity index (χ0n) is 22.4. The largest absolute Gasteiger partial charge is 0.458 e. The fourth-order valence-electron chi connectivity index (χ4n) is 6.32. The minimum atomic E-state index is -1.19. The SMILES string of the molecule is CSc1nc(/C=C(\C)[C@@H]2CC34CC3(CCC[C@H](C)[C@H](O)[C@@H](C)C(=O)C(C)(C)[C@@H](O)CC(=O)O2)C4)cs1. The van der Waals surface area contributed by atoms with Crippen LogP contribution in [-0.2, 0) is 14.3 Å². The molecule has 2 N–H and O–H groups in total. The Kier molecular flexibility index (Phi) is 7.84. The van der Waals surface area contributed by atoms with Gasteiger partial charge in [-0.15, -0.1) is 11.3 Å². The maximum absolute atomic E-state index is 13.3. The molecule has 200 valence electrons. The molecule has 0 aromatic carbocycles. The van der Waals surface area contributed by atoms with Crippen molar-refractivity contribution < 1.29 is 24.5 Å². The third kappa shape index (κ3) is 5.33. The van der Waals surface area contributed by atoms with Crippen molar-refractivity contribution >= 4 is 40.9 Å². The number of nitrogens with zero attached hydrogens (tertiary/aromatic N) is 1. The van der Waals surface area contributed by atoms with Crippen LogP contribution in [0.5, 0.6) is 0 Å². The van der Waals surface area contributed by atoms with E-state index in [4.69, 9.17) is 4.74 Å². The van der Waals surface area contributed by atoms with Crippen LogP contribution in [0.4, 0.5) is 0 Å². The molecule has 2 heterocycles. The van der Waals surface area contributed by atoms with Crippen molar-refractivity contribution in [3.63, 3.8) is 0 Å². The maximum atomic E-state index is 13.3. The average Bonchev–Trinajstić information content (AvgIpc) is 3.52. The number of hydrogen-bond acceptors (Lipinski definition) is 8. The molecular formula is C28H41NO5S2. The Bertz CT molecular complexity index is 1020. The van der Waals surface area contributed by atoms with Crippen LogP contribution in [0.3, 0.4) is 0 Å². The fraction of sp³-hybridized carbons (Fsp3) is 0.750. The second kappa shape index (κ2) is 10.2. The average molecular weight is 536 g/mol. The summed E-state index contributed by atoms with van der Waals surface area (Å²) < 4.78 is 7.01. The number of carbonyl (C=O) groups excluding carboxylic acids is 2. The van der Waals surface area contributed by atoms with Crippen LogP contribution < -0.4 is 0 Å². The lowest BCUT2D eigenvalue weighted by atomic mass is 9.73. The van der Waals surface area contributed by atoms with Gasteiger partial charge in [0.15, 0.2) is 0 Å². The second-order valence-electron chi connectivity index (χ2n) is 12.2. The van der Waals surface area contributed by atoms with E-state index in [0.29, 0.717) is 5.41 Å². The highest BCUT2D eigenvalue weighted by Gasteiger charge is 2.81. The van der Waals surface area contributed by atoms with Crippen molar-refractivity contribution in [3.8, 4) is 0 Å². The summed E-state index contributed by atoms with van der Waals surface area (Å²) in [6, 6.07) is 0. The molecule has 0 unspecified atom stereocenters. The Morgan fingerprint density at radius 1 is 1.22 bits per heavy atom. The fourth-order valence-corrected chi connectivity index (χ4v) is 7.54. The molecule has 2 aliphatic carbocycles. The molecule has 0 amide bonds. The predicted octanol–water partition coefficient (Wildman–Crippen LogP) is 5.51. The number of hydrogen-bond donors (Lipinski definition) is 2. The van der Waals surface area contributed by atoms with Gasteiger partial charge in [-0.05, 0) is 73.7 Å². The molecule has 1 aromatic rings. The molecule has 3 fully saturated rings. The maximum Gasteiger partial charge on any atom is 0.309 e. The summed E-state index contributed by atoms with van der Waals surface area (Å²) >= 11 is 3.21. The first-order valence-corrected chi connectivity index (χ1v) is 15.2. The van der Waals surface area contributed by atoms with Crippen molar-refractivity contribution in [1.82, 2.24) is 4.98 Å². The van der Waals surface area contributed by atoms with Crippen LogP contribution in [-0.4, -0.2) is 51.5 Å². The molecule has 36 heavy (non-hydrogen) atoms. The van der Waals surface area contributed by atoms with Crippen LogP contribution in [0.1, 0.15) is 85.3 Å². The molecule has 3 aliphatic rings. The van der Waals surface area contributed by atoms with Crippen LogP contribution >= 0.6 is 23.1 Å². The van der Waals surface area contributed by atoms with E-state index >= 15 is 0 Å². The van der Waals surface area contributed by atoms with Gasteiger partial charge in [-0.2, -0.15) is 0 Å². The minimum absolute atomic E-state index is 0.000256. The quantitative estimate of drug-likeness (QED) is 0.389. The first-order valence-electron chi connectivity index (χ1n) is 13.1. The molecule has 1 saturated heterocycles. The number of ether oxygens (including phenoxy) is 1. The van der Waals surface area contributed by atoms with Gasteiger partial charge in [-0.3, -0.25) is 9.59 Å². The lowest BCUT2D eigenvalue weighted by Gasteiger charge is -2.34. The first-order chi connectivity index (χ1) is 16.8. The second-order valence-corrected chi connectivity index (χ2v) is 14.1. The van der Waals surface area contributed by atoms with E-state index in [9.17, 15) is 19.8 Å². The van der Waals surface area contributed by atoms with Gasteiger partial charge in [0.25, 0.3) is 0 Å². The summed E-state index contributed by atoms with van der Waals surface area (Å²) in [5.41, 5.74) is 1.23. The standard InChI is InChI=1S/C28H41NO5S2/c1-16-8-7-9-27-14-28(27,15-27)12-20(17(2)10-19-13-36-25(29-19)35-6)34-22(31)11-21(30)26(4,5)24(33)18(3)23(16)32/h10,13,16,18,20-21,23,30,32H,7-9,11-12,14-15H2,1-6H3/b17-10+/t16-,18+,20-,21-,23-,27?,28?/m0/s1. The zero-order valence-corrected chi connectivity index (χ0v) is 24.0. The highest BCUT2D eigenvalue weighted by atomic mass is 32.2. The normalized spacial score (nSPS) is 39.7. The van der Waals surface area contributed by atoms with Gasteiger partial charge in [-0.25, -0.2) is 4.98 Å². The molecule has 1 aromatic heterocycles. The number of carbonyl (C=O) groups is 2. The number of thioether (sulfide) groups is 1. The molecule has 0 radical (unpaired) electrons. The van der Waals surface area contributed by atoms with E-state index in [0.717, 1.165) is 54.1 Å². The Morgan fingerprint density at radius 2 is 1.92 bits per heavy atom. The molecule has 2 saturated carbocycles. The third-order valence-electron chi connectivity index (χ3n) is 9.29. The smallest absolute Gasteiger partial charge is 0.309 e. The lowest BCUT2D eigenvalue weighted by molar-refractivity contribution is -0.154. The van der Waals surface area contributed by atoms with Crippen LogP contribution in [0.25, 0.3) is 6.08 Å². The Morgan fingerprint density at radius 3 is 2.56 bits per heavy atom. The van der Waals surface area contributed by atoms with Gasteiger partial charge >= 0.3 is 5.97 Å². The Hall–Kier alpha value is -1.22. The van der Waals surface area contributed by atoms with E-state index in [1.165, 1.54) is 0 Å². The van der Waals surface area contributed by atoms with Crippen LogP contribution in [0, 0.1) is 28.1 Å². The van der Waals surface area contributed by atoms with E-state index in [1.54, 1.807) is 43.9 Å². The number of ketones is 1. The van der Waals surface area contributed by atoms with E-state index in [-0.39, 0.29) is 29.6 Å². The number of cyclic esters (lactones) is 1. The van der Waals surface area contributed by atoms with E-state index in [2.05, 4.69) is 4.98 Å². The zero-order chi connectivity index (χ0) is 26.5. The van der Waals surface area contributed by atoms with Crippen LogP contribution in [0.2, 0.25) is 0 Å². The predicted molar refractivity (Wildman–Crippen MR) is 144 cm³/mol. The molecular weight excluding hydrogens is 494 g/mol. The summed E-state index contributed by atoms with van der Waals surface area (Å²) in [5.74, 6) is -1.34. The van der Waals surface area contributed by atoms with Crippen LogP contribution in [0.15, 0.2) is 15.3 Å². The molecule has 5 atom stereocenters. The van der Waals surface area contributed by atoms with Gasteiger partial charge in [0.2, 0.25) is 0 Å². The molecule has 8 heteroatoms. The monoisotopic (exact) mass is 535 g/mol. The number of rotatable bonds is 3. The molecule has 0 bridgehead atoms. The van der Waals surface area contributed by atoms with Crippen molar-refractivity contribution in [1.29, 1.82) is 0 Å². The number of aliphatic hydroxyl groups is 2. The van der Waals surface area contributed by atoms with Gasteiger partial charge in [-0.1, -0.05) is 45.9 Å². The summed E-state index contributed by atoms with van der Waals surface area (Å²) in [5, 5.41) is 23.8. The van der Waals surface area contributed by atoms with Gasteiger partial charge < -0.3 is 14.9 Å². The number of thiazole rings is 1. The first kappa shape index (κ1) is 27.8. The van der Waals surface area contributed by atoms with Crippen molar-refractivity contribution in [2.24, 2.45) is 28.1 Å². The summed E-state index contributed by atoms with van der Waals surface area (Å²) in [7, 11) is 0. The minimum Gasteiger partial charge on any atom is -0.458 e. The van der Waals surface area contributed by atoms with Gasteiger partial charge in [0.05, 0.1) is 29.7 Å². The Labute approximate surface area is 223 Å². The lowest BCUT2D eigenvalue weighted by Crippen LogP contribution is -2.45. The van der Waals surface area contributed by atoms with Crippen molar-refractivity contribution in [3.05, 3.63) is 16.6 Å². The van der Waals surface area contributed by atoms with Gasteiger partial charge in [0, 0.05) is 11.3 Å². The highest BCUT2D eigenvalue weighted by molar-refractivity contribution is 8.00. The molecule has 4 rings (SSSR count). The topological polar surface area (TPSA) is 96.7 Å². The molecule has 0 spiro atoms. The molecule has 1 aliphatic heterocycles.